The smallest absolute Gasteiger partial charge is 0.323 e. The van der Waals surface area contributed by atoms with E-state index in [1.54, 1.807) is 11.3 Å². The fourth-order valence-corrected chi connectivity index (χ4v) is 3.43. The summed E-state index contributed by atoms with van der Waals surface area (Å²) in [5.74, 6) is -0.114. The van der Waals surface area contributed by atoms with Crippen LogP contribution in [-0.2, 0) is 16.0 Å². The van der Waals surface area contributed by atoms with Crippen LogP contribution >= 0.6 is 11.3 Å². The summed E-state index contributed by atoms with van der Waals surface area (Å²) in [6.07, 6.45) is 3.04. The van der Waals surface area contributed by atoms with Gasteiger partial charge in [-0.15, -0.1) is 11.3 Å². The molecule has 118 valence electrons. The number of nitrogens with zero attached hydrogens (tertiary/aromatic N) is 2. The molecule has 1 saturated heterocycles. The van der Waals surface area contributed by atoms with Gasteiger partial charge in [0.05, 0.1) is 12.3 Å². The van der Waals surface area contributed by atoms with E-state index in [0.29, 0.717) is 12.6 Å². The van der Waals surface area contributed by atoms with Crippen LogP contribution in [0.15, 0.2) is 5.38 Å². The van der Waals surface area contributed by atoms with Crippen LogP contribution in [0, 0.1) is 0 Å². The molecule has 0 amide bonds. The Labute approximate surface area is 130 Å². The summed E-state index contributed by atoms with van der Waals surface area (Å²) >= 11 is 1.68. The van der Waals surface area contributed by atoms with Gasteiger partial charge < -0.3 is 10.1 Å². The third kappa shape index (κ3) is 4.41. The van der Waals surface area contributed by atoms with E-state index in [9.17, 15) is 4.79 Å². The van der Waals surface area contributed by atoms with Crippen LogP contribution in [0.2, 0.25) is 0 Å². The van der Waals surface area contributed by atoms with E-state index in [0.717, 1.165) is 43.2 Å². The molecule has 1 atom stereocenters. The molecule has 0 bridgehead atoms. The van der Waals surface area contributed by atoms with Gasteiger partial charge in [0, 0.05) is 24.5 Å². The molecule has 0 aromatic carbocycles. The Balaban J connectivity index is 1.78. The molecule has 21 heavy (non-hydrogen) atoms. The number of thiazole rings is 1. The van der Waals surface area contributed by atoms with Gasteiger partial charge in [-0.25, -0.2) is 4.98 Å². The highest BCUT2D eigenvalue weighted by atomic mass is 32.1. The molecule has 0 aliphatic carbocycles. The zero-order valence-corrected chi connectivity index (χ0v) is 13.9. The van der Waals surface area contributed by atoms with E-state index in [1.165, 1.54) is 0 Å². The maximum atomic E-state index is 11.8. The second-order valence-corrected chi connectivity index (χ2v) is 6.24. The lowest BCUT2D eigenvalue weighted by Gasteiger charge is -2.35. The summed E-state index contributed by atoms with van der Waals surface area (Å²) in [6, 6.07) is 0.309. The summed E-state index contributed by atoms with van der Waals surface area (Å²) in [5.41, 5.74) is 1.15. The predicted molar refractivity (Wildman–Crippen MR) is 85.8 cm³/mol. The highest BCUT2D eigenvalue weighted by Crippen LogP contribution is 2.21. The fraction of sp³-hybridized carbons (Fsp3) is 0.733. The number of hydrogen-bond donors (Lipinski definition) is 1. The average Bonchev–Trinajstić information content (AvgIpc) is 2.95. The van der Waals surface area contributed by atoms with E-state index >= 15 is 0 Å². The summed E-state index contributed by atoms with van der Waals surface area (Å²) in [5, 5.41) is 6.64. The van der Waals surface area contributed by atoms with Crippen LogP contribution < -0.4 is 5.32 Å². The normalized spacial score (nSPS) is 18.4. The number of anilines is 1. The van der Waals surface area contributed by atoms with Crippen LogP contribution in [0.4, 0.5) is 5.13 Å². The zero-order chi connectivity index (χ0) is 15.2. The Morgan fingerprint density at radius 2 is 2.24 bits per heavy atom. The molecule has 1 aliphatic rings. The molecule has 5 nitrogen and oxygen atoms in total. The second-order valence-electron chi connectivity index (χ2n) is 5.38. The van der Waals surface area contributed by atoms with E-state index < -0.39 is 0 Å². The van der Waals surface area contributed by atoms with Gasteiger partial charge in [0.25, 0.3) is 0 Å². The Bertz CT molecular complexity index is 456. The molecular formula is C15H25N3O2S. The molecule has 1 unspecified atom stereocenters. The summed E-state index contributed by atoms with van der Waals surface area (Å²) in [4.78, 5) is 18.5. The van der Waals surface area contributed by atoms with Crippen molar-refractivity contribution < 1.29 is 9.53 Å². The number of hydrogen-bond acceptors (Lipinski definition) is 6. The van der Waals surface area contributed by atoms with Crippen molar-refractivity contribution >= 4 is 22.4 Å². The van der Waals surface area contributed by atoms with E-state index in [4.69, 9.17) is 4.74 Å². The molecule has 0 saturated carbocycles. The van der Waals surface area contributed by atoms with Crippen LogP contribution in [0.3, 0.4) is 0 Å². The van der Waals surface area contributed by atoms with E-state index in [1.807, 2.05) is 13.8 Å². The standard InChI is InChI=1S/C15H25N3O2S/c1-4-12-10-21-15(16-12)17-13-6-8-18(9-7-13)11(3)14(19)20-5-2/h10-11,13H,4-9H2,1-3H3,(H,16,17). The Morgan fingerprint density at radius 1 is 1.52 bits per heavy atom. The zero-order valence-electron chi connectivity index (χ0n) is 13.1. The molecular weight excluding hydrogens is 286 g/mol. The number of ether oxygens (including phenoxy) is 1. The highest BCUT2D eigenvalue weighted by Gasteiger charge is 2.27. The van der Waals surface area contributed by atoms with Gasteiger partial charge in [0.15, 0.2) is 5.13 Å². The van der Waals surface area contributed by atoms with Crippen LogP contribution in [0.25, 0.3) is 0 Å². The number of likely N-dealkylation sites (tertiary alicyclic amines) is 1. The molecule has 1 aromatic rings. The Kier molecular flexibility index (Phi) is 5.99. The number of esters is 1. The van der Waals surface area contributed by atoms with Gasteiger partial charge in [-0.05, 0) is 33.1 Å². The van der Waals surface area contributed by atoms with Gasteiger partial charge in [0.1, 0.15) is 6.04 Å². The van der Waals surface area contributed by atoms with Crippen molar-refractivity contribution in [3.05, 3.63) is 11.1 Å². The first-order valence-electron chi connectivity index (χ1n) is 7.75. The quantitative estimate of drug-likeness (QED) is 0.818. The Morgan fingerprint density at radius 3 is 2.81 bits per heavy atom. The second kappa shape index (κ2) is 7.75. The van der Waals surface area contributed by atoms with Gasteiger partial charge in [-0.3, -0.25) is 9.69 Å². The number of piperidine rings is 1. The summed E-state index contributed by atoms with van der Waals surface area (Å²) in [7, 11) is 0. The predicted octanol–water partition coefficient (Wildman–Crippen LogP) is 2.53. The van der Waals surface area contributed by atoms with Crippen molar-refractivity contribution in [3.63, 3.8) is 0 Å². The average molecular weight is 311 g/mol. The fourth-order valence-electron chi connectivity index (χ4n) is 2.55. The van der Waals surface area contributed by atoms with Crippen molar-refractivity contribution in [2.24, 2.45) is 0 Å². The minimum atomic E-state index is -0.141. The summed E-state index contributed by atoms with van der Waals surface area (Å²) < 4.78 is 5.09. The number of aromatic nitrogens is 1. The van der Waals surface area contributed by atoms with E-state index in [2.05, 4.69) is 27.5 Å². The molecule has 2 rings (SSSR count). The van der Waals surface area contributed by atoms with Gasteiger partial charge in [0.2, 0.25) is 0 Å². The maximum absolute atomic E-state index is 11.8. The third-order valence-corrected chi connectivity index (χ3v) is 4.77. The van der Waals surface area contributed by atoms with Crippen LogP contribution in [0.5, 0.6) is 0 Å². The van der Waals surface area contributed by atoms with Crippen LogP contribution in [0.1, 0.15) is 39.3 Å². The van der Waals surface area contributed by atoms with Gasteiger partial charge >= 0.3 is 5.97 Å². The largest absolute Gasteiger partial charge is 0.465 e. The first-order valence-corrected chi connectivity index (χ1v) is 8.63. The lowest BCUT2D eigenvalue weighted by atomic mass is 10.0. The SMILES string of the molecule is CCOC(=O)C(C)N1CCC(Nc2nc(CC)cs2)CC1. The lowest BCUT2D eigenvalue weighted by Crippen LogP contribution is -2.47. The molecule has 1 fully saturated rings. The monoisotopic (exact) mass is 311 g/mol. The van der Waals surface area contributed by atoms with Crippen LogP contribution in [-0.4, -0.2) is 47.6 Å². The molecule has 2 heterocycles. The summed E-state index contributed by atoms with van der Waals surface area (Å²) in [6.45, 7) is 8.19. The number of carbonyl (C=O) groups excluding carboxylic acids is 1. The minimum absolute atomic E-state index is 0.114. The number of rotatable bonds is 6. The van der Waals surface area contributed by atoms with E-state index in [-0.39, 0.29) is 12.0 Å². The molecule has 1 aromatic heterocycles. The lowest BCUT2D eigenvalue weighted by molar-refractivity contribution is -0.149. The number of aryl methyl sites for hydroxylation is 1. The molecule has 0 radical (unpaired) electrons. The first kappa shape index (κ1) is 16.2. The Hall–Kier alpha value is -1.14. The third-order valence-electron chi connectivity index (χ3n) is 3.95. The number of nitrogens with one attached hydrogen (secondary N) is 1. The molecule has 1 N–H and O–H groups in total. The van der Waals surface area contributed by atoms with Gasteiger partial charge in [-0.2, -0.15) is 0 Å². The topological polar surface area (TPSA) is 54.5 Å². The number of carbonyl (C=O) groups is 1. The van der Waals surface area contributed by atoms with Crippen molar-refractivity contribution in [1.29, 1.82) is 0 Å². The first-order chi connectivity index (χ1) is 10.1. The van der Waals surface area contributed by atoms with Crippen molar-refractivity contribution in [1.82, 2.24) is 9.88 Å². The maximum Gasteiger partial charge on any atom is 0.323 e. The van der Waals surface area contributed by atoms with Crippen molar-refractivity contribution in [3.8, 4) is 0 Å². The minimum Gasteiger partial charge on any atom is -0.465 e. The van der Waals surface area contributed by atoms with Crippen molar-refractivity contribution in [2.75, 3.05) is 25.0 Å². The molecule has 6 heteroatoms. The highest BCUT2D eigenvalue weighted by molar-refractivity contribution is 7.13. The molecule has 0 spiro atoms. The van der Waals surface area contributed by atoms with Crippen molar-refractivity contribution in [2.45, 2.75) is 52.1 Å². The molecule has 1 aliphatic heterocycles. The van der Waals surface area contributed by atoms with Gasteiger partial charge in [-0.1, -0.05) is 6.92 Å².